The molecule has 0 aromatic rings. The van der Waals surface area contributed by atoms with Crippen molar-refractivity contribution in [3.05, 3.63) is 0 Å². The molecule has 1 amide bonds. The van der Waals surface area contributed by atoms with Gasteiger partial charge in [0.05, 0.1) is 6.04 Å². The summed E-state index contributed by atoms with van der Waals surface area (Å²) in [5.41, 5.74) is 0. The number of nitrogens with one attached hydrogen (secondary N) is 2. The van der Waals surface area contributed by atoms with Gasteiger partial charge in [0.25, 0.3) is 0 Å². The number of hydrogen-bond donors (Lipinski definition) is 2. The van der Waals surface area contributed by atoms with E-state index in [1.54, 1.807) is 0 Å². The second kappa shape index (κ2) is 6.46. The van der Waals surface area contributed by atoms with Crippen LogP contribution < -0.4 is 10.6 Å². The molecule has 3 nitrogen and oxygen atoms in total. The lowest BCUT2D eigenvalue weighted by Gasteiger charge is -2.29. The molecule has 114 valence electrons. The zero-order valence-electron chi connectivity index (χ0n) is 12.9. The summed E-state index contributed by atoms with van der Waals surface area (Å²) in [5, 5.41) is 6.89. The maximum atomic E-state index is 12.5. The van der Waals surface area contributed by atoms with Gasteiger partial charge in [0, 0.05) is 12.1 Å². The Balaban J connectivity index is 1.49. The van der Waals surface area contributed by atoms with Crippen molar-refractivity contribution in [3.63, 3.8) is 0 Å². The number of carbonyl (C=O) groups is 1. The molecular formula is C17H30N2O. The Morgan fingerprint density at radius 1 is 1.05 bits per heavy atom. The fourth-order valence-corrected chi connectivity index (χ4v) is 4.60. The van der Waals surface area contributed by atoms with E-state index in [1.807, 2.05) is 0 Å². The lowest BCUT2D eigenvalue weighted by Crippen LogP contribution is -2.48. The van der Waals surface area contributed by atoms with Crippen LogP contribution in [0.15, 0.2) is 0 Å². The molecule has 1 heterocycles. The molecule has 0 bridgehead atoms. The Kier molecular flexibility index (Phi) is 4.65. The number of rotatable bonds is 3. The third kappa shape index (κ3) is 3.19. The molecule has 20 heavy (non-hydrogen) atoms. The summed E-state index contributed by atoms with van der Waals surface area (Å²) < 4.78 is 0. The summed E-state index contributed by atoms with van der Waals surface area (Å²) in [6.45, 7) is 2.20. The van der Waals surface area contributed by atoms with Crippen LogP contribution in [0, 0.1) is 11.8 Å². The second-order valence-corrected chi connectivity index (χ2v) is 7.30. The van der Waals surface area contributed by atoms with Crippen LogP contribution in [0.5, 0.6) is 0 Å². The summed E-state index contributed by atoms with van der Waals surface area (Å²) in [4.78, 5) is 12.5. The van der Waals surface area contributed by atoms with Crippen molar-refractivity contribution in [1.29, 1.82) is 0 Å². The standard InChI is InChI=1S/C17H30N2O/c1-12(13-7-3-2-4-8-13)18-17(20)16-11-14-9-5-6-10-15(14)19-16/h12-16,19H,2-11H2,1H3,(H,18,20)/t12-,14?,15?,16?/m0/s1. The SMILES string of the molecule is C[C@H](NC(=O)C1CC2CCCCC2N1)C1CCCCC1. The minimum absolute atomic E-state index is 0.0779. The quantitative estimate of drug-likeness (QED) is 0.833. The molecule has 0 aromatic heterocycles. The Labute approximate surface area is 123 Å². The Bertz CT molecular complexity index is 324. The smallest absolute Gasteiger partial charge is 0.237 e. The molecule has 2 aliphatic carbocycles. The maximum absolute atomic E-state index is 12.5. The normalized spacial score (nSPS) is 36.4. The summed E-state index contributed by atoms with van der Waals surface area (Å²) in [6.07, 6.45) is 13.0. The Morgan fingerprint density at radius 3 is 2.50 bits per heavy atom. The fraction of sp³-hybridized carbons (Fsp3) is 0.941. The van der Waals surface area contributed by atoms with Crippen LogP contribution in [0.4, 0.5) is 0 Å². The largest absolute Gasteiger partial charge is 0.352 e. The highest BCUT2D eigenvalue weighted by Gasteiger charge is 2.38. The second-order valence-electron chi connectivity index (χ2n) is 7.30. The van der Waals surface area contributed by atoms with E-state index in [4.69, 9.17) is 0 Å². The van der Waals surface area contributed by atoms with Gasteiger partial charge >= 0.3 is 0 Å². The van der Waals surface area contributed by atoms with Gasteiger partial charge in [-0.05, 0) is 50.9 Å². The Morgan fingerprint density at radius 2 is 1.75 bits per heavy atom. The molecular weight excluding hydrogens is 248 g/mol. The molecule has 3 rings (SSSR count). The highest BCUT2D eigenvalue weighted by molar-refractivity contribution is 5.82. The average molecular weight is 278 g/mol. The topological polar surface area (TPSA) is 41.1 Å². The minimum atomic E-state index is 0.0779. The summed E-state index contributed by atoms with van der Waals surface area (Å²) in [7, 11) is 0. The highest BCUT2D eigenvalue weighted by atomic mass is 16.2. The molecule has 1 saturated heterocycles. The monoisotopic (exact) mass is 278 g/mol. The predicted molar refractivity (Wildman–Crippen MR) is 81.5 cm³/mol. The highest BCUT2D eigenvalue weighted by Crippen LogP contribution is 2.33. The number of amides is 1. The van der Waals surface area contributed by atoms with E-state index in [2.05, 4.69) is 17.6 Å². The van der Waals surface area contributed by atoms with Gasteiger partial charge in [-0.25, -0.2) is 0 Å². The van der Waals surface area contributed by atoms with Gasteiger partial charge in [-0.3, -0.25) is 4.79 Å². The van der Waals surface area contributed by atoms with Crippen LogP contribution in [-0.2, 0) is 4.79 Å². The Hall–Kier alpha value is -0.570. The van der Waals surface area contributed by atoms with Gasteiger partial charge in [0.2, 0.25) is 5.91 Å². The van der Waals surface area contributed by atoms with Crippen molar-refractivity contribution in [3.8, 4) is 0 Å². The summed E-state index contributed by atoms with van der Waals surface area (Å²) in [6, 6.07) is 1.05. The molecule has 3 fully saturated rings. The third-order valence-corrected chi connectivity index (χ3v) is 5.91. The molecule has 2 N–H and O–H groups in total. The van der Waals surface area contributed by atoms with Gasteiger partial charge in [0.1, 0.15) is 0 Å². The van der Waals surface area contributed by atoms with E-state index < -0.39 is 0 Å². The van der Waals surface area contributed by atoms with E-state index in [0.717, 1.165) is 12.3 Å². The van der Waals surface area contributed by atoms with E-state index in [9.17, 15) is 4.79 Å². The third-order valence-electron chi connectivity index (χ3n) is 5.91. The van der Waals surface area contributed by atoms with Gasteiger partial charge in [-0.2, -0.15) is 0 Å². The maximum Gasteiger partial charge on any atom is 0.237 e. The van der Waals surface area contributed by atoms with Crippen LogP contribution >= 0.6 is 0 Å². The first kappa shape index (κ1) is 14.4. The summed E-state index contributed by atoms with van der Waals surface area (Å²) >= 11 is 0. The number of hydrogen-bond acceptors (Lipinski definition) is 2. The molecule has 4 atom stereocenters. The number of carbonyl (C=O) groups excluding carboxylic acids is 1. The summed E-state index contributed by atoms with van der Waals surface area (Å²) in [5.74, 6) is 1.72. The van der Waals surface area contributed by atoms with E-state index in [0.29, 0.717) is 18.0 Å². The van der Waals surface area contributed by atoms with Crippen LogP contribution in [0.25, 0.3) is 0 Å². The molecule has 2 saturated carbocycles. The van der Waals surface area contributed by atoms with Crippen LogP contribution in [0.2, 0.25) is 0 Å². The van der Waals surface area contributed by atoms with Crippen molar-refractivity contribution in [1.82, 2.24) is 10.6 Å². The first-order chi connectivity index (χ1) is 9.74. The van der Waals surface area contributed by atoms with Crippen molar-refractivity contribution < 1.29 is 4.79 Å². The van der Waals surface area contributed by atoms with Crippen molar-refractivity contribution in [2.45, 2.75) is 89.3 Å². The van der Waals surface area contributed by atoms with Gasteiger partial charge in [-0.1, -0.05) is 32.1 Å². The van der Waals surface area contributed by atoms with E-state index in [-0.39, 0.29) is 11.9 Å². The van der Waals surface area contributed by atoms with Gasteiger partial charge in [0.15, 0.2) is 0 Å². The van der Waals surface area contributed by atoms with Crippen molar-refractivity contribution in [2.24, 2.45) is 11.8 Å². The number of fused-ring (bicyclic) bond motifs is 1. The van der Waals surface area contributed by atoms with Gasteiger partial charge in [-0.15, -0.1) is 0 Å². The van der Waals surface area contributed by atoms with Gasteiger partial charge < -0.3 is 10.6 Å². The molecule has 0 aromatic carbocycles. The molecule has 3 aliphatic rings. The molecule has 3 unspecified atom stereocenters. The van der Waals surface area contributed by atoms with Crippen LogP contribution in [-0.4, -0.2) is 24.0 Å². The molecule has 0 spiro atoms. The first-order valence-electron chi connectivity index (χ1n) is 8.80. The average Bonchev–Trinajstić information content (AvgIpc) is 2.92. The van der Waals surface area contributed by atoms with E-state index >= 15 is 0 Å². The molecule has 0 radical (unpaired) electrons. The zero-order valence-corrected chi connectivity index (χ0v) is 12.9. The van der Waals surface area contributed by atoms with Crippen molar-refractivity contribution >= 4 is 5.91 Å². The van der Waals surface area contributed by atoms with E-state index in [1.165, 1.54) is 57.8 Å². The zero-order chi connectivity index (χ0) is 13.9. The fourth-order valence-electron chi connectivity index (χ4n) is 4.60. The first-order valence-corrected chi connectivity index (χ1v) is 8.80. The van der Waals surface area contributed by atoms with Crippen molar-refractivity contribution in [2.75, 3.05) is 0 Å². The molecule has 1 aliphatic heterocycles. The minimum Gasteiger partial charge on any atom is -0.352 e. The predicted octanol–water partition coefficient (Wildman–Crippen LogP) is 2.99. The lowest BCUT2D eigenvalue weighted by atomic mass is 9.84. The lowest BCUT2D eigenvalue weighted by molar-refractivity contribution is -0.123. The van der Waals surface area contributed by atoms with Crippen LogP contribution in [0.3, 0.4) is 0 Å². The van der Waals surface area contributed by atoms with Crippen LogP contribution in [0.1, 0.15) is 71.1 Å². The molecule has 3 heteroatoms.